The molecule has 1 heterocycles. The minimum Gasteiger partial charge on any atom is -0.507 e. The smallest absolute Gasteiger partial charge is 0.189 e. The van der Waals surface area contributed by atoms with Crippen LogP contribution < -0.4 is 4.74 Å². The molecule has 1 aliphatic rings. The number of hydrogen-bond acceptors (Lipinski definition) is 6. The molecule has 5 atom stereocenters. The summed E-state index contributed by atoms with van der Waals surface area (Å²) in [5.41, 5.74) is 5.37. The summed E-state index contributed by atoms with van der Waals surface area (Å²) in [4.78, 5) is 25.7. The highest BCUT2D eigenvalue weighted by Crippen LogP contribution is 2.45. The molecule has 2 aromatic carbocycles. The highest BCUT2D eigenvalue weighted by Gasteiger charge is 2.39. The van der Waals surface area contributed by atoms with E-state index >= 15 is 0 Å². The summed E-state index contributed by atoms with van der Waals surface area (Å²) in [6, 6.07) is 0. The molecule has 0 radical (unpaired) electrons. The predicted molar refractivity (Wildman–Crippen MR) is 272 cm³/mol. The van der Waals surface area contributed by atoms with Gasteiger partial charge in [0, 0.05) is 11.1 Å². The topological polar surface area (TPSA) is 104 Å². The molecule has 0 fully saturated rings. The van der Waals surface area contributed by atoms with Gasteiger partial charge in [0.1, 0.15) is 28.6 Å². The summed E-state index contributed by atoms with van der Waals surface area (Å²) < 4.78 is 6.45. The van der Waals surface area contributed by atoms with Gasteiger partial charge >= 0.3 is 0 Å². The maximum Gasteiger partial charge on any atom is 0.189 e. The van der Waals surface area contributed by atoms with E-state index in [1.165, 1.54) is 89.9 Å². The first-order chi connectivity index (χ1) is 29.9. The van der Waals surface area contributed by atoms with Crippen molar-refractivity contribution in [1.82, 2.24) is 0 Å². The number of hydrogen-bond donors (Lipinski definition) is 3. The quantitative estimate of drug-likeness (QED) is 0.0494. The zero-order valence-corrected chi connectivity index (χ0v) is 44.0. The Balaban J connectivity index is 0.000000440. The van der Waals surface area contributed by atoms with E-state index in [1.54, 1.807) is 26.8 Å². The van der Waals surface area contributed by atoms with Crippen molar-refractivity contribution in [2.45, 2.75) is 238 Å². The average molecular weight is 889 g/mol. The van der Waals surface area contributed by atoms with Gasteiger partial charge in [-0.05, 0) is 145 Å². The van der Waals surface area contributed by atoms with Crippen LogP contribution in [0.2, 0.25) is 0 Å². The van der Waals surface area contributed by atoms with Crippen molar-refractivity contribution in [2.75, 3.05) is 0 Å². The van der Waals surface area contributed by atoms with E-state index in [1.807, 2.05) is 27.7 Å². The van der Waals surface area contributed by atoms with Gasteiger partial charge in [0.25, 0.3) is 0 Å². The highest BCUT2D eigenvalue weighted by atomic mass is 16.5. The zero-order valence-electron chi connectivity index (χ0n) is 44.0. The monoisotopic (exact) mass is 889 g/mol. The summed E-state index contributed by atoms with van der Waals surface area (Å²) in [6.07, 6.45) is 24.4. The minimum atomic E-state index is -0.449. The molecule has 3 N–H and O–H groups in total. The lowest BCUT2D eigenvalue weighted by molar-refractivity contribution is 0.0438. The number of benzene rings is 2. The maximum atomic E-state index is 13.0. The van der Waals surface area contributed by atoms with Crippen molar-refractivity contribution in [3.8, 4) is 23.0 Å². The number of fused-ring (bicyclic) bond motifs is 1. The summed E-state index contributed by atoms with van der Waals surface area (Å²) in [5, 5.41) is 31.1. The van der Waals surface area contributed by atoms with Crippen LogP contribution in [0, 0.1) is 77.0 Å². The van der Waals surface area contributed by atoms with Crippen molar-refractivity contribution >= 4 is 11.6 Å². The molecule has 1 aliphatic heterocycles. The largest absolute Gasteiger partial charge is 0.507 e. The van der Waals surface area contributed by atoms with E-state index < -0.39 is 5.60 Å². The third kappa shape index (κ3) is 18.2. The van der Waals surface area contributed by atoms with E-state index in [4.69, 9.17) is 4.74 Å². The number of phenols is 3. The second kappa shape index (κ2) is 27.4. The fourth-order valence-corrected chi connectivity index (χ4v) is 9.72. The van der Waals surface area contributed by atoms with Crippen LogP contribution in [-0.2, 0) is 0 Å². The SMILES string of the molecule is C/C(=C\C(=O)c1c(C)c(O)c(C)c(C)c1O)CCC[C@H](C)CCC[C@H](C)CCCC(C)C.Cc1c(C)c2c(c(C)c1O)C(=O)C[C@@](C)(CCC[C@H](C)CCC[C@H](C)CCCC(C)C)O2. The lowest BCUT2D eigenvalue weighted by atomic mass is 9.83. The molecule has 0 aromatic heterocycles. The summed E-state index contributed by atoms with van der Waals surface area (Å²) in [7, 11) is 0. The van der Waals surface area contributed by atoms with Crippen LogP contribution in [0.4, 0.5) is 0 Å². The molecule has 2 aromatic rings. The van der Waals surface area contributed by atoms with Crippen LogP contribution in [-0.4, -0.2) is 32.5 Å². The van der Waals surface area contributed by atoms with Crippen LogP contribution in [0.3, 0.4) is 0 Å². The average Bonchev–Trinajstić information content (AvgIpc) is 3.20. The third-order valence-electron chi connectivity index (χ3n) is 14.7. The Bertz CT molecular complexity index is 1790. The Kier molecular flexibility index (Phi) is 24.3. The number of allylic oxidation sites excluding steroid dienone is 2. The molecule has 0 aliphatic carbocycles. The summed E-state index contributed by atoms with van der Waals surface area (Å²) in [5.74, 6) is 5.62. The fraction of sp³-hybridized carbons (Fsp3) is 0.724. The first-order valence-electron chi connectivity index (χ1n) is 25.7. The first kappa shape index (κ1) is 56.8. The molecular formula is C58H96O6. The van der Waals surface area contributed by atoms with Gasteiger partial charge < -0.3 is 20.1 Å². The van der Waals surface area contributed by atoms with Crippen molar-refractivity contribution in [1.29, 1.82) is 0 Å². The summed E-state index contributed by atoms with van der Waals surface area (Å²) >= 11 is 0. The van der Waals surface area contributed by atoms with Gasteiger partial charge in [0.15, 0.2) is 11.6 Å². The molecule has 6 heteroatoms. The van der Waals surface area contributed by atoms with Gasteiger partial charge in [-0.25, -0.2) is 0 Å². The Hall–Kier alpha value is -3.28. The Morgan fingerprint density at radius 1 is 0.562 bits per heavy atom. The number of carbonyl (C=O) groups is 2. The minimum absolute atomic E-state index is 0.0149. The first-order valence-corrected chi connectivity index (χ1v) is 25.7. The number of aromatic hydroxyl groups is 3. The van der Waals surface area contributed by atoms with E-state index in [-0.39, 0.29) is 34.4 Å². The molecule has 0 unspecified atom stereocenters. The normalized spacial score (nSPS) is 17.2. The lowest BCUT2D eigenvalue weighted by Gasteiger charge is -2.37. The molecule has 64 heavy (non-hydrogen) atoms. The number of ether oxygens (including phenoxy) is 1. The van der Waals surface area contributed by atoms with Crippen LogP contribution in [0.5, 0.6) is 23.0 Å². The van der Waals surface area contributed by atoms with Crippen molar-refractivity contribution in [3.63, 3.8) is 0 Å². The third-order valence-corrected chi connectivity index (χ3v) is 14.7. The lowest BCUT2D eigenvalue weighted by Crippen LogP contribution is -2.40. The summed E-state index contributed by atoms with van der Waals surface area (Å²) in [6.45, 7) is 33.6. The van der Waals surface area contributed by atoms with Gasteiger partial charge in [-0.2, -0.15) is 0 Å². The molecular weight excluding hydrogens is 793 g/mol. The second-order valence-corrected chi connectivity index (χ2v) is 22.1. The van der Waals surface area contributed by atoms with Gasteiger partial charge in [-0.15, -0.1) is 0 Å². The number of ketones is 2. The van der Waals surface area contributed by atoms with Crippen molar-refractivity contribution in [3.05, 3.63) is 56.2 Å². The molecule has 3 rings (SSSR count). The van der Waals surface area contributed by atoms with Crippen LogP contribution in [0.15, 0.2) is 11.6 Å². The maximum absolute atomic E-state index is 13.0. The van der Waals surface area contributed by atoms with Crippen molar-refractivity contribution < 1.29 is 29.6 Å². The van der Waals surface area contributed by atoms with Gasteiger partial charge in [0.2, 0.25) is 0 Å². The number of phenolic OH excluding ortho intramolecular Hbond substituents is 3. The van der Waals surface area contributed by atoms with Crippen LogP contribution >= 0.6 is 0 Å². The Morgan fingerprint density at radius 3 is 1.42 bits per heavy atom. The fourth-order valence-electron chi connectivity index (χ4n) is 9.72. The molecule has 0 saturated carbocycles. The van der Waals surface area contributed by atoms with Crippen LogP contribution in [0.25, 0.3) is 0 Å². The van der Waals surface area contributed by atoms with E-state index in [2.05, 4.69) is 62.3 Å². The number of rotatable bonds is 26. The number of carbonyl (C=O) groups excluding carboxylic acids is 2. The van der Waals surface area contributed by atoms with E-state index in [9.17, 15) is 24.9 Å². The van der Waals surface area contributed by atoms with E-state index in [0.717, 1.165) is 72.0 Å². The molecule has 0 spiro atoms. The molecule has 0 amide bonds. The second-order valence-electron chi connectivity index (χ2n) is 22.1. The van der Waals surface area contributed by atoms with Gasteiger partial charge in [-0.1, -0.05) is 151 Å². The number of Topliss-reactive ketones (excluding diaryl/α,β-unsaturated/α-hetero) is 1. The molecule has 0 bridgehead atoms. The van der Waals surface area contributed by atoms with Crippen LogP contribution in [0.1, 0.15) is 245 Å². The van der Waals surface area contributed by atoms with Crippen molar-refractivity contribution in [2.24, 2.45) is 35.5 Å². The van der Waals surface area contributed by atoms with Gasteiger partial charge in [-0.3, -0.25) is 9.59 Å². The molecule has 0 saturated heterocycles. The Labute approximate surface area is 392 Å². The molecule has 364 valence electrons. The molecule has 6 nitrogen and oxygen atoms in total. The predicted octanol–water partition coefficient (Wildman–Crippen LogP) is 17.1. The van der Waals surface area contributed by atoms with E-state index in [0.29, 0.717) is 45.9 Å². The highest BCUT2D eigenvalue weighted by molar-refractivity contribution is 6.08. The zero-order chi connectivity index (χ0) is 48.5. The van der Waals surface area contributed by atoms with Gasteiger partial charge in [0.05, 0.1) is 17.5 Å². The standard InChI is InChI=1S/2C29H48O3/c1-19(2)12-9-13-20(3)14-10-15-21(4)16-11-17-29(8)18-25(30)26-24(7)27(31)22(5)23(6)28(26)32-29;1-19(2)12-9-13-20(3)14-10-15-21(4)16-11-17-22(5)18-26(30)27-25(8)28(31)23(6)24(7)29(27)32/h19-21,31H,9-18H2,1-8H3;18-21,31-32H,9-17H2,1-8H3/b;22-18+/t20-,21-,29-;20-,21-/m11/s1. The Morgan fingerprint density at radius 2 is 0.953 bits per heavy atom.